The Bertz CT molecular complexity index is 1250. The predicted octanol–water partition coefficient (Wildman–Crippen LogP) is 1.20. The fourth-order valence-electron chi connectivity index (χ4n) is 3.24. The molecule has 15 heteroatoms. The largest absolute Gasteiger partial charge is 0.752 e. The van der Waals surface area contributed by atoms with Gasteiger partial charge in [0.2, 0.25) is 11.9 Å². The van der Waals surface area contributed by atoms with Crippen molar-refractivity contribution >= 4 is 43.0 Å². The number of rotatable bonds is 8. The quantitative estimate of drug-likeness (QED) is 0.320. The Kier molecular flexibility index (Phi) is 7.24. The van der Waals surface area contributed by atoms with E-state index in [2.05, 4.69) is 25.3 Å². The average Bonchev–Trinajstić information content (AvgIpc) is 3.35. The maximum Gasteiger partial charge on any atom is 0.752 e. The number of aromatic nitrogens is 5. The Morgan fingerprint density at radius 1 is 1.38 bits per heavy atom. The number of aromatic amines is 1. The fourth-order valence-corrected chi connectivity index (χ4v) is 5.48. The number of fused-ring (bicyclic) bond motifs is 1. The minimum atomic E-state index is -2.74. The molecule has 1 saturated heterocycles. The summed E-state index contributed by atoms with van der Waals surface area (Å²) >= 11 is 1.14. The van der Waals surface area contributed by atoms with Crippen molar-refractivity contribution in [2.45, 2.75) is 36.7 Å². The Morgan fingerprint density at radius 2 is 2.18 bits per heavy atom. The van der Waals surface area contributed by atoms with Gasteiger partial charge < -0.3 is 10.2 Å². The number of pyridine rings is 1. The van der Waals surface area contributed by atoms with Gasteiger partial charge in [0.25, 0.3) is 11.4 Å². The number of carbonyl (C=O) groups excluding carboxylic acids is 1. The van der Waals surface area contributed by atoms with E-state index in [0.29, 0.717) is 0 Å². The van der Waals surface area contributed by atoms with Crippen LogP contribution in [0.4, 0.5) is 5.95 Å². The molecule has 0 spiro atoms. The van der Waals surface area contributed by atoms with Crippen molar-refractivity contribution in [2.24, 2.45) is 5.92 Å². The summed E-state index contributed by atoms with van der Waals surface area (Å²) in [6, 6.07) is 4.81. The van der Waals surface area contributed by atoms with E-state index in [1.54, 1.807) is 26.0 Å². The van der Waals surface area contributed by atoms with Crippen LogP contribution in [0.15, 0.2) is 35.5 Å². The van der Waals surface area contributed by atoms with Crippen LogP contribution in [0.2, 0.25) is 0 Å². The van der Waals surface area contributed by atoms with Gasteiger partial charge in [0.1, 0.15) is 11.5 Å². The smallest absolute Gasteiger partial charge is 0.395 e. The van der Waals surface area contributed by atoms with E-state index < -0.39 is 36.6 Å². The Hall–Kier alpha value is -2.90. The number of carbonyl (C=O) groups is 1. The summed E-state index contributed by atoms with van der Waals surface area (Å²) < 4.78 is 24.7. The second kappa shape index (κ2) is 10.2. The molecule has 0 radical (unpaired) electrons. The van der Waals surface area contributed by atoms with Crippen molar-refractivity contribution in [2.75, 3.05) is 11.9 Å². The van der Waals surface area contributed by atoms with E-state index >= 15 is 0 Å². The van der Waals surface area contributed by atoms with Crippen LogP contribution in [0.1, 0.15) is 19.2 Å². The number of amides is 1. The van der Waals surface area contributed by atoms with Gasteiger partial charge in [-0.3, -0.25) is 24.5 Å². The zero-order valence-corrected chi connectivity index (χ0v) is 19.8. The lowest BCUT2D eigenvalue weighted by Gasteiger charge is -2.17. The van der Waals surface area contributed by atoms with E-state index in [1.165, 1.54) is 23.2 Å². The van der Waals surface area contributed by atoms with Crippen molar-refractivity contribution in [1.82, 2.24) is 24.5 Å². The molecule has 0 saturated carbocycles. The monoisotopic (exact) mass is 509 g/mol. The first-order valence-electron chi connectivity index (χ1n) is 10.2. The van der Waals surface area contributed by atoms with Crippen LogP contribution in [-0.2, 0) is 13.9 Å². The lowest BCUT2D eigenvalue weighted by molar-refractivity contribution is -0.118. The zero-order chi connectivity index (χ0) is 24.4. The molecule has 4 heterocycles. The third kappa shape index (κ3) is 4.95. The summed E-state index contributed by atoms with van der Waals surface area (Å²) in [4.78, 5) is 39.3. The molecule has 1 aliphatic rings. The van der Waals surface area contributed by atoms with E-state index in [9.17, 15) is 24.4 Å². The van der Waals surface area contributed by atoms with Crippen LogP contribution >= 0.6 is 20.0 Å². The third-order valence-electron chi connectivity index (χ3n) is 4.98. The number of aliphatic hydroxyl groups is 2. The summed E-state index contributed by atoms with van der Waals surface area (Å²) in [7, 11) is -2.74. The highest BCUT2D eigenvalue weighted by Gasteiger charge is 2.51. The molecule has 34 heavy (non-hydrogen) atoms. The first kappa shape index (κ1) is 24.2. The molecule has 4 N–H and O–H groups in total. The molecule has 1 amide bonds. The molecule has 0 aromatic carbocycles. The summed E-state index contributed by atoms with van der Waals surface area (Å²) in [5.41, 5.74) is -0.467. The van der Waals surface area contributed by atoms with E-state index in [0.717, 1.165) is 11.8 Å². The number of hydrogen-bond acceptors (Lipinski definition) is 11. The first-order valence-corrected chi connectivity index (χ1v) is 12.3. The van der Waals surface area contributed by atoms with Gasteiger partial charge >= 0.3 is 8.25 Å². The van der Waals surface area contributed by atoms with Crippen LogP contribution in [0.25, 0.3) is 11.2 Å². The van der Waals surface area contributed by atoms with E-state index in [4.69, 9.17) is 9.05 Å². The standard InChI is InChI=1S/C19H21N6O7PS/c1-9(2)16(28)23-19-22-15-12(17(29)24-19)21-8-25(15)18-14(13(27)10(7-26)34-18)32-33(30)31-11-5-3-4-6-20-11/h3-6,8-10,13-14,18,26-27H,7H2,1-2H3,(H-,22,23,24,28,29)/p+1/t10-,13-,14?,18-/m1/s1. The molecule has 4 rings (SSSR count). The van der Waals surface area contributed by atoms with Gasteiger partial charge in [-0.05, 0) is 6.07 Å². The topological polar surface area (TPSA) is 182 Å². The number of imidazole rings is 1. The van der Waals surface area contributed by atoms with Crippen LogP contribution in [-0.4, -0.2) is 64.7 Å². The SMILES string of the molecule is CC(C)C(=O)Nc1nc2c(ncn2[C@@H]2S[C@H](CO)[C@@H](O)C2O[P+](=O)Oc2ccccn2)c(=O)[nH]1. The minimum Gasteiger partial charge on any atom is -0.395 e. The van der Waals surface area contributed by atoms with Gasteiger partial charge in [0.15, 0.2) is 17.3 Å². The third-order valence-corrected chi connectivity index (χ3v) is 7.28. The molecule has 1 fully saturated rings. The van der Waals surface area contributed by atoms with Crippen LogP contribution < -0.4 is 15.4 Å². The second-order valence-corrected chi connectivity index (χ2v) is 9.87. The van der Waals surface area contributed by atoms with Gasteiger partial charge in [-0.2, -0.15) is 4.98 Å². The fraction of sp³-hybridized carbons (Fsp3) is 0.421. The number of anilines is 1. The molecular weight excluding hydrogens is 487 g/mol. The van der Waals surface area contributed by atoms with E-state index in [1.807, 2.05) is 0 Å². The number of H-pyrrole nitrogens is 1. The normalized spacial score (nSPS) is 22.8. The molecule has 180 valence electrons. The predicted molar refractivity (Wildman–Crippen MR) is 122 cm³/mol. The van der Waals surface area contributed by atoms with Gasteiger partial charge in [0.05, 0.1) is 18.2 Å². The van der Waals surface area contributed by atoms with Crippen molar-refractivity contribution in [3.05, 3.63) is 41.1 Å². The molecule has 0 aliphatic carbocycles. The summed E-state index contributed by atoms with van der Waals surface area (Å²) in [5, 5.41) is 21.5. The van der Waals surface area contributed by atoms with Gasteiger partial charge in [-0.15, -0.1) is 16.3 Å². The highest BCUT2D eigenvalue weighted by molar-refractivity contribution is 8.00. The van der Waals surface area contributed by atoms with Crippen LogP contribution in [0.5, 0.6) is 5.88 Å². The number of aliphatic hydroxyl groups excluding tert-OH is 2. The maximum atomic E-state index is 12.5. The van der Waals surface area contributed by atoms with Gasteiger partial charge in [-0.25, -0.2) is 14.5 Å². The van der Waals surface area contributed by atoms with Crippen molar-refractivity contribution in [3.63, 3.8) is 0 Å². The van der Waals surface area contributed by atoms with Gasteiger partial charge in [0, 0.05) is 22.7 Å². The number of hydrogen-bond donors (Lipinski definition) is 4. The lowest BCUT2D eigenvalue weighted by Crippen LogP contribution is -2.34. The summed E-state index contributed by atoms with van der Waals surface area (Å²) in [5.74, 6) is -0.678. The Labute approximate surface area is 197 Å². The number of thioether (sulfide) groups is 1. The summed E-state index contributed by atoms with van der Waals surface area (Å²) in [6.45, 7) is 3.01. The highest BCUT2D eigenvalue weighted by atomic mass is 32.2. The highest BCUT2D eigenvalue weighted by Crippen LogP contribution is 2.47. The molecule has 0 bridgehead atoms. The number of nitrogens with zero attached hydrogens (tertiary/aromatic N) is 4. The number of nitrogens with one attached hydrogen (secondary N) is 2. The molecule has 13 nitrogen and oxygen atoms in total. The molecule has 2 unspecified atom stereocenters. The Morgan fingerprint density at radius 3 is 2.85 bits per heavy atom. The molecule has 1 aliphatic heterocycles. The summed E-state index contributed by atoms with van der Waals surface area (Å²) in [6.07, 6.45) is 0.459. The first-order chi connectivity index (χ1) is 16.3. The van der Waals surface area contributed by atoms with E-state index in [-0.39, 0.29) is 41.4 Å². The second-order valence-electron chi connectivity index (χ2n) is 7.67. The zero-order valence-electron chi connectivity index (χ0n) is 18.1. The maximum absolute atomic E-state index is 12.5. The molecule has 5 atom stereocenters. The molecular formula is C19H22N6O7PS+. The molecule has 3 aromatic heterocycles. The van der Waals surface area contributed by atoms with Gasteiger partial charge in [-0.1, -0.05) is 19.9 Å². The van der Waals surface area contributed by atoms with Crippen molar-refractivity contribution < 1.29 is 28.6 Å². The van der Waals surface area contributed by atoms with Crippen LogP contribution in [0, 0.1) is 5.92 Å². The van der Waals surface area contributed by atoms with Crippen molar-refractivity contribution in [3.8, 4) is 5.88 Å². The Balaban J connectivity index is 1.65. The van der Waals surface area contributed by atoms with Crippen LogP contribution in [0.3, 0.4) is 0 Å². The average molecular weight is 509 g/mol. The minimum absolute atomic E-state index is 0.00189. The van der Waals surface area contributed by atoms with Crippen molar-refractivity contribution in [1.29, 1.82) is 0 Å². The molecule has 3 aromatic rings. The lowest BCUT2D eigenvalue weighted by atomic mass is 10.1.